The van der Waals surface area contributed by atoms with E-state index >= 15 is 0 Å². The van der Waals surface area contributed by atoms with E-state index in [1.165, 1.54) is 13.3 Å². The number of benzene rings is 2. The van der Waals surface area contributed by atoms with Gasteiger partial charge in [0.1, 0.15) is 0 Å². The first-order chi connectivity index (χ1) is 12.5. The zero-order valence-electron chi connectivity index (χ0n) is 14.8. The Labute approximate surface area is 162 Å². The predicted molar refractivity (Wildman–Crippen MR) is 105 cm³/mol. The fourth-order valence-electron chi connectivity index (χ4n) is 2.08. The Morgan fingerprint density at radius 2 is 2.00 bits per heavy atom. The molecule has 0 spiro atoms. The van der Waals surface area contributed by atoms with E-state index in [9.17, 15) is 4.79 Å². The number of amides is 1. The lowest BCUT2D eigenvalue weighted by Crippen LogP contribution is -2.18. The number of halogens is 2. The van der Waals surface area contributed by atoms with Crippen LogP contribution in [0.1, 0.15) is 36.2 Å². The van der Waals surface area contributed by atoms with Crippen LogP contribution in [0.15, 0.2) is 41.5 Å². The molecule has 0 saturated carbocycles. The molecule has 0 aliphatic carbocycles. The molecule has 0 radical (unpaired) electrons. The molecule has 7 heteroatoms. The van der Waals surface area contributed by atoms with Gasteiger partial charge in [0.25, 0.3) is 5.91 Å². The molecule has 0 fully saturated rings. The Kier molecular flexibility index (Phi) is 7.30. The third-order valence-corrected chi connectivity index (χ3v) is 4.25. The number of carbonyl (C=O) groups is 1. The summed E-state index contributed by atoms with van der Waals surface area (Å²) in [5.41, 5.74) is 3.43. The highest BCUT2D eigenvalue weighted by molar-refractivity contribution is 6.34. The summed E-state index contributed by atoms with van der Waals surface area (Å²) in [6.07, 6.45) is 2.32. The van der Waals surface area contributed by atoms with Gasteiger partial charge in [0.15, 0.2) is 11.5 Å². The van der Waals surface area contributed by atoms with E-state index in [0.717, 1.165) is 6.42 Å². The van der Waals surface area contributed by atoms with E-state index in [2.05, 4.69) is 10.5 Å². The van der Waals surface area contributed by atoms with Gasteiger partial charge in [-0.05, 0) is 43.2 Å². The normalized spacial score (nSPS) is 12.0. The van der Waals surface area contributed by atoms with Gasteiger partial charge in [-0.3, -0.25) is 4.79 Å². The van der Waals surface area contributed by atoms with E-state index in [4.69, 9.17) is 32.7 Å². The summed E-state index contributed by atoms with van der Waals surface area (Å²) in [4.78, 5) is 12.1. The summed E-state index contributed by atoms with van der Waals surface area (Å²) in [6, 6.07) is 10.2. The first kappa shape index (κ1) is 20.1. The molecule has 1 amide bonds. The van der Waals surface area contributed by atoms with Crippen LogP contribution >= 0.6 is 23.2 Å². The van der Waals surface area contributed by atoms with E-state index in [1.807, 2.05) is 13.8 Å². The highest BCUT2D eigenvalue weighted by Gasteiger charge is 2.14. The first-order valence-electron chi connectivity index (χ1n) is 8.08. The maximum absolute atomic E-state index is 12.1. The van der Waals surface area contributed by atoms with Crippen LogP contribution in [0.25, 0.3) is 0 Å². The van der Waals surface area contributed by atoms with Gasteiger partial charge in [0.05, 0.1) is 35.0 Å². The number of carbonyl (C=O) groups excluding carboxylic acids is 1. The molecule has 0 aromatic heterocycles. The molecule has 0 aliphatic heterocycles. The van der Waals surface area contributed by atoms with Crippen LogP contribution in [-0.2, 0) is 0 Å². The molecule has 2 aromatic carbocycles. The minimum absolute atomic E-state index is 0.0100. The smallest absolute Gasteiger partial charge is 0.272 e. The van der Waals surface area contributed by atoms with Gasteiger partial charge in [0, 0.05) is 0 Å². The SMILES string of the molecule is CC[C@@H](C)Oc1c(Cl)cc(/C=N\NC(=O)c2ccccc2Cl)cc1OC. The topological polar surface area (TPSA) is 59.9 Å². The monoisotopic (exact) mass is 394 g/mol. The van der Waals surface area contributed by atoms with Crippen LogP contribution in [0.5, 0.6) is 11.5 Å². The van der Waals surface area contributed by atoms with Crippen molar-refractivity contribution < 1.29 is 14.3 Å². The zero-order valence-corrected chi connectivity index (χ0v) is 16.3. The Morgan fingerprint density at radius 1 is 1.27 bits per heavy atom. The molecular weight excluding hydrogens is 375 g/mol. The number of nitrogens with zero attached hydrogens (tertiary/aromatic N) is 1. The zero-order chi connectivity index (χ0) is 19.1. The number of ether oxygens (including phenoxy) is 2. The minimum atomic E-state index is -0.401. The first-order valence-corrected chi connectivity index (χ1v) is 8.84. The van der Waals surface area contributed by atoms with Gasteiger partial charge in [-0.2, -0.15) is 5.10 Å². The molecule has 0 unspecified atom stereocenters. The van der Waals surface area contributed by atoms with Crippen LogP contribution in [0.3, 0.4) is 0 Å². The number of rotatable bonds is 7. The molecular formula is C19H20Cl2N2O3. The summed E-state index contributed by atoms with van der Waals surface area (Å²) >= 11 is 12.3. The van der Waals surface area contributed by atoms with Crippen molar-refractivity contribution in [2.75, 3.05) is 7.11 Å². The van der Waals surface area contributed by atoms with Crippen molar-refractivity contribution in [3.05, 3.63) is 57.6 Å². The molecule has 26 heavy (non-hydrogen) atoms. The van der Waals surface area contributed by atoms with Gasteiger partial charge < -0.3 is 9.47 Å². The fraction of sp³-hybridized carbons (Fsp3) is 0.263. The second-order valence-corrected chi connectivity index (χ2v) is 6.36. The lowest BCUT2D eigenvalue weighted by atomic mass is 10.2. The molecule has 5 nitrogen and oxygen atoms in total. The van der Waals surface area contributed by atoms with Crippen molar-refractivity contribution in [1.29, 1.82) is 0 Å². The van der Waals surface area contributed by atoms with Gasteiger partial charge in [-0.25, -0.2) is 5.43 Å². The lowest BCUT2D eigenvalue weighted by Gasteiger charge is -2.17. The average molecular weight is 395 g/mol. The third kappa shape index (κ3) is 5.13. The van der Waals surface area contributed by atoms with E-state index in [-0.39, 0.29) is 6.10 Å². The number of hydrogen-bond acceptors (Lipinski definition) is 4. The molecule has 1 atom stereocenters. The summed E-state index contributed by atoms with van der Waals surface area (Å²) in [7, 11) is 1.54. The maximum atomic E-state index is 12.1. The van der Waals surface area contributed by atoms with E-state index < -0.39 is 5.91 Å². The summed E-state index contributed by atoms with van der Waals surface area (Å²) in [6.45, 7) is 3.98. The molecule has 2 aromatic rings. The molecule has 0 saturated heterocycles. The van der Waals surface area contributed by atoms with Crippen molar-refractivity contribution in [1.82, 2.24) is 5.43 Å². The summed E-state index contributed by atoms with van der Waals surface area (Å²) in [5.74, 6) is 0.582. The molecule has 1 N–H and O–H groups in total. The number of hydrazone groups is 1. The van der Waals surface area contributed by atoms with Gasteiger partial charge in [-0.1, -0.05) is 42.3 Å². The molecule has 0 heterocycles. The van der Waals surface area contributed by atoms with Gasteiger partial charge >= 0.3 is 0 Å². The Bertz CT molecular complexity index is 809. The standard InChI is InChI=1S/C19H20Cl2N2O3/c1-4-12(2)26-18-16(21)9-13(10-17(18)25-3)11-22-23-19(24)14-7-5-6-8-15(14)20/h5-12H,4H2,1-3H3,(H,23,24)/b22-11-/t12-/m1/s1. The molecule has 2 rings (SSSR count). The molecule has 0 bridgehead atoms. The van der Waals surface area contributed by atoms with Gasteiger partial charge in [-0.15, -0.1) is 0 Å². The number of methoxy groups -OCH3 is 1. The van der Waals surface area contributed by atoms with Crippen LogP contribution in [0, 0.1) is 0 Å². The number of hydrogen-bond donors (Lipinski definition) is 1. The van der Waals surface area contributed by atoms with E-state index in [0.29, 0.717) is 32.7 Å². The highest BCUT2D eigenvalue weighted by Crippen LogP contribution is 2.37. The lowest BCUT2D eigenvalue weighted by molar-refractivity contribution is 0.0955. The summed E-state index contributed by atoms with van der Waals surface area (Å²) < 4.78 is 11.1. The van der Waals surface area contributed by atoms with Crippen molar-refractivity contribution in [2.24, 2.45) is 5.10 Å². The Hall–Kier alpha value is -2.24. The Balaban J connectivity index is 2.14. The largest absolute Gasteiger partial charge is 0.493 e. The van der Waals surface area contributed by atoms with Gasteiger partial charge in [0.2, 0.25) is 0 Å². The maximum Gasteiger partial charge on any atom is 0.272 e. The van der Waals surface area contributed by atoms with Crippen molar-refractivity contribution in [3.63, 3.8) is 0 Å². The highest BCUT2D eigenvalue weighted by atomic mass is 35.5. The molecule has 138 valence electrons. The van der Waals surface area contributed by atoms with Crippen LogP contribution in [0.2, 0.25) is 10.0 Å². The van der Waals surface area contributed by atoms with E-state index in [1.54, 1.807) is 36.4 Å². The minimum Gasteiger partial charge on any atom is -0.493 e. The fourth-order valence-corrected chi connectivity index (χ4v) is 2.57. The van der Waals surface area contributed by atoms with Crippen molar-refractivity contribution >= 4 is 35.3 Å². The van der Waals surface area contributed by atoms with Crippen LogP contribution < -0.4 is 14.9 Å². The second-order valence-electron chi connectivity index (χ2n) is 5.55. The van der Waals surface area contributed by atoms with Crippen molar-refractivity contribution in [3.8, 4) is 11.5 Å². The van der Waals surface area contributed by atoms with Crippen molar-refractivity contribution in [2.45, 2.75) is 26.4 Å². The second kappa shape index (κ2) is 9.46. The number of nitrogens with one attached hydrogen (secondary N) is 1. The predicted octanol–water partition coefficient (Wildman–Crippen LogP) is 4.94. The average Bonchev–Trinajstić information content (AvgIpc) is 2.63. The van der Waals surface area contributed by atoms with Crippen LogP contribution in [0.4, 0.5) is 0 Å². The quantitative estimate of drug-likeness (QED) is 0.534. The van der Waals surface area contributed by atoms with Crippen LogP contribution in [-0.4, -0.2) is 25.3 Å². The summed E-state index contributed by atoms with van der Waals surface area (Å²) in [5, 5.41) is 4.71. The molecule has 0 aliphatic rings. The third-order valence-electron chi connectivity index (χ3n) is 3.64. The Morgan fingerprint density at radius 3 is 2.65 bits per heavy atom.